The molecule has 6 aromatic carbocycles. The number of aliphatic hydroxyl groups excluding tert-OH is 1. The number of carbonyl (C=O) groups is 2. The largest absolute Gasteiger partial charge is 2.00 e. The first-order chi connectivity index (χ1) is 51.1. The van der Waals surface area contributed by atoms with Gasteiger partial charge in [0, 0.05) is 39.9 Å². The number of hydrogen-bond donors (Lipinski definition) is 1. The average molecular weight is 1800 g/mol. The average Bonchev–Trinajstić information content (AvgIpc) is 0.767. The molecule has 0 aliphatic heterocycles. The fourth-order valence-corrected chi connectivity index (χ4v) is 14.5. The molecule has 0 saturated carbocycles. The number of carbonyl (C=O) groups excluding carboxylic acids is 2. The summed E-state index contributed by atoms with van der Waals surface area (Å²) in [6.07, 6.45) is -10.3. The maximum Gasteiger partial charge on any atom is 2.00 e. The number of ketones is 1. The second-order valence-corrected chi connectivity index (χ2v) is 29.0. The van der Waals surface area contributed by atoms with Crippen LogP contribution in [0.4, 0.5) is 69.7 Å². The summed E-state index contributed by atoms with van der Waals surface area (Å²) in [4.78, 5) is 33.4. The molecule has 0 spiro atoms. The molecule has 3 aromatic heterocycles. The number of hydrogen-bond acceptors (Lipinski definition) is 18. The molecule has 0 fully saturated rings. The maximum absolute atomic E-state index is 14.6. The van der Waals surface area contributed by atoms with Crippen LogP contribution in [-0.2, 0) is 62.8 Å². The Hall–Kier alpha value is -7.83. The summed E-state index contributed by atoms with van der Waals surface area (Å²) in [7, 11) is -6.43. The molecule has 1 unspecified atom stereocenters. The third-order valence-corrected chi connectivity index (χ3v) is 20.5. The molecule has 0 saturated heterocycles. The van der Waals surface area contributed by atoms with E-state index in [1.807, 2.05) is 20.3 Å². The summed E-state index contributed by atoms with van der Waals surface area (Å²) in [5.41, 5.74) is -6.00. The van der Waals surface area contributed by atoms with Gasteiger partial charge in [0.05, 0.1) is 102 Å². The van der Waals surface area contributed by atoms with Crippen LogP contribution in [0.1, 0.15) is 81.7 Å². The summed E-state index contributed by atoms with van der Waals surface area (Å²) in [6.45, 7) is 2.14. The molecule has 0 aliphatic rings. The van der Waals surface area contributed by atoms with Gasteiger partial charge in [-0.1, -0.05) is 78.6 Å². The van der Waals surface area contributed by atoms with Gasteiger partial charge in [-0.3, -0.25) is 14.6 Å². The summed E-state index contributed by atoms with van der Waals surface area (Å²) < 4.78 is 271. The van der Waals surface area contributed by atoms with Gasteiger partial charge in [0.1, 0.15) is 76.9 Å². The standard InChI is InChI=1S/C22H19ClF4N2O5S.C22H17ClF4N2O5S.C14H11BrClF3N2O3S.C8H7FO2.C3H7.CH4.ClH.Mg/c2*1-33-12-29(35(31,32)15-6-3-5-13(9-15)22(25,26)27)17-10-14(23)11-28-20(17)21(30)19-16(24)7-4-8-18(19)34-2;1-24-8-21(12-6-10(16)7-20-13(12)15)25(22,23)11-4-2-3-9(5-11)14(17,18)19;1-11-8-4-2-3-7(9)6(8)5-10;1-3-2;;;/h3-11,21,30H,12H2,1-2H3;3-11H,12H2,1-2H3;2-7H,8H2,1H3;2-5H,1H3;3H,1-2H3;1H4;1H;/q;;;;-1;;;+2/p-1. The Morgan fingerprint density at radius 3 is 1.25 bits per heavy atom. The molecule has 0 amide bonds. The molecule has 9 aromatic rings. The van der Waals surface area contributed by atoms with E-state index < -0.39 is 146 Å². The quantitative estimate of drug-likeness (QED) is 0.0119. The molecule has 3 heterocycles. The molecular formula is C70H65BrCl4F12MgN6O15S3. The van der Waals surface area contributed by atoms with E-state index in [4.69, 9.17) is 63.2 Å². The number of sulfonamides is 3. The van der Waals surface area contributed by atoms with Crippen molar-refractivity contribution < 1.29 is 133 Å². The Morgan fingerprint density at radius 2 is 0.857 bits per heavy atom. The van der Waals surface area contributed by atoms with Gasteiger partial charge in [0.25, 0.3) is 30.1 Å². The fourth-order valence-electron chi connectivity index (χ4n) is 9.19. The van der Waals surface area contributed by atoms with Crippen LogP contribution < -0.4 is 39.5 Å². The molecule has 0 radical (unpaired) electrons. The summed E-state index contributed by atoms with van der Waals surface area (Å²) >= 11 is 21.0. The van der Waals surface area contributed by atoms with Gasteiger partial charge in [-0.25, -0.2) is 61.3 Å². The number of anilines is 3. The van der Waals surface area contributed by atoms with Gasteiger partial charge < -0.3 is 52.4 Å². The molecule has 21 nitrogen and oxygen atoms in total. The zero-order valence-electron chi connectivity index (χ0n) is 58.6. The van der Waals surface area contributed by atoms with E-state index in [0.29, 0.717) is 39.2 Å². The van der Waals surface area contributed by atoms with Crippen molar-refractivity contribution in [1.82, 2.24) is 15.0 Å². The van der Waals surface area contributed by atoms with Crippen molar-refractivity contribution in [2.75, 3.05) is 75.8 Å². The predicted octanol–water partition coefficient (Wildman–Crippen LogP) is 14.2. The van der Waals surface area contributed by atoms with Crippen LogP contribution in [0.3, 0.4) is 0 Å². The molecular weight excluding hydrogens is 1730 g/mol. The number of benzene rings is 6. The zero-order valence-corrected chi connectivity index (χ0v) is 67.1. The minimum atomic E-state index is -4.81. The zero-order chi connectivity index (χ0) is 81.7. The van der Waals surface area contributed by atoms with Gasteiger partial charge in [0.2, 0.25) is 5.78 Å². The minimum absolute atomic E-state index is 0. The van der Waals surface area contributed by atoms with Crippen molar-refractivity contribution in [2.45, 2.75) is 60.6 Å². The number of nitrogens with zero attached hydrogens (tertiary/aromatic N) is 6. The Bertz CT molecular complexity index is 5020. The van der Waals surface area contributed by atoms with E-state index in [0.717, 1.165) is 104 Å². The first kappa shape index (κ1) is 100. The first-order valence-electron chi connectivity index (χ1n) is 30.2. The minimum Gasteiger partial charge on any atom is -1.00 e. The van der Waals surface area contributed by atoms with E-state index >= 15 is 0 Å². The second kappa shape index (κ2) is 44.2. The van der Waals surface area contributed by atoms with Crippen LogP contribution in [0.15, 0.2) is 183 Å². The SMILES string of the molecule is C.COCN(c1cc(Cl)cnc1Br)S(=O)(=O)c1cccc(C(F)(F)F)c1.COCN(c1cc(Cl)cnc1C(=O)c1c(F)cccc1OC)S(=O)(=O)c1cccc(C(F)(F)F)c1.COCN(c1cc(Cl)cnc1C(O)c1c(F)cccc1OC)S(=O)(=O)c1cccc(C(F)(F)F)c1.COc1cccc(F)c1C=O.C[CH-]C.[Cl-].[Mg+2]. The van der Waals surface area contributed by atoms with Gasteiger partial charge in [0.15, 0.2) is 6.29 Å². The van der Waals surface area contributed by atoms with Gasteiger partial charge >= 0.3 is 41.6 Å². The Balaban J connectivity index is 0.000000522. The number of rotatable bonds is 23. The Kier molecular flexibility index (Phi) is 39.5. The molecule has 604 valence electrons. The number of pyridine rings is 3. The number of ether oxygens (including phenoxy) is 6. The van der Waals surface area contributed by atoms with Crippen LogP contribution in [0, 0.1) is 23.9 Å². The summed E-state index contributed by atoms with van der Waals surface area (Å²) in [5, 5.41) is 11.0. The van der Waals surface area contributed by atoms with E-state index in [9.17, 15) is 92.6 Å². The Morgan fingerprint density at radius 1 is 0.518 bits per heavy atom. The van der Waals surface area contributed by atoms with Crippen LogP contribution in [0.25, 0.3) is 0 Å². The van der Waals surface area contributed by atoms with Crippen molar-refractivity contribution in [1.29, 1.82) is 0 Å². The van der Waals surface area contributed by atoms with Crippen molar-refractivity contribution in [3.05, 3.63) is 252 Å². The smallest absolute Gasteiger partial charge is 1.00 e. The summed E-state index contributed by atoms with van der Waals surface area (Å²) in [5.74, 6) is -3.35. The molecule has 1 atom stereocenters. The number of aldehydes is 1. The van der Waals surface area contributed by atoms with Crippen LogP contribution in [0.2, 0.25) is 15.1 Å². The molecule has 112 heavy (non-hydrogen) atoms. The Labute approximate surface area is 682 Å². The normalized spacial score (nSPS) is 11.5. The number of alkyl halides is 9. The molecule has 1 N–H and O–H groups in total. The summed E-state index contributed by atoms with van der Waals surface area (Å²) in [6, 6.07) is 24.7. The topological polar surface area (TPSA) is 261 Å². The second-order valence-electron chi connectivity index (χ2n) is 21.4. The molecule has 9 rings (SSSR count). The molecule has 0 aliphatic carbocycles. The van der Waals surface area contributed by atoms with E-state index in [1.165, 1.54) is 83.2 Å². The number of methoxy groups -OCH3 is 6. The number of halogens is 17. The third kappa shape index (κ3) is 25.6. The van der Waals surface area contributed by atoms with Crippen LogP contribution >= 0.6 is 50.7 Å². The van der Waals surface area contributed by atoms with Crippen molar-refractivity contribution in [3.63, 3.8) is 0 Å². The first-order valence-corrected chi connectivity index (χ1v) is 36.4. The fraction of sp³-hybridized carbons (Fsp3) is 0.229. The predicted molar refractivity (Wildman–Crippen MR) is 394 cm³/mol. The maximum atomic E-state index is 14.6. The van der Waals surface area contributed by atoms with Crippen LogP contribution in [0.5, 0.6) is 17.2 Å². The monoisotopic (exact) mass is 1800 g/mol. The van der Waals surface area contributed by atoms with E-state index in [1.54, 1.807) is 0 Å². The van der Waals surface area contributed by atoms with Crippen molar-refractivity contribution in [2.24, 2.45) is 0 Å². The van der Waals surface area contributed by atoms with E-state index in [2.05, 4.69) is 30.9 Å². The molecule has 0 bridgehead atoms. The molecule has 42 heteroatoms. The van der Waals surface area contributed by atoms with Crippen LogP contribution in [-0.4, -0.2) is 143 Å². The number of aromatic nitrogens is 3. The van der Waals surface area contributed by atoms with Gasteiger partial charge in [-0.05, 0) is 125 Å². The van der Waals surface area contributed by atoms with Gasteiger partial charge in [-0.15, -0.1) is 0 Å². The third-order valence-electron chi connectivity index (χ3n) is 14.0. The van der Waals surface area contributed by atoms with Crippen molar-refractivity contribution in [3.8, 4) is 17.2 Å². The van der Waals surface area contributed by atoms with Crippen molar-refractivity contribution >= 4 is 133 Å². The van der Waals surface area contributed by atoms with E-state index in [-0.39, 0.29) is 108 Å². The van der Waals surface area contributed by atoms with Gasteiger partial charge in [-0.2, -0.15) is 53.4 Å². The number of aliphatic hydroxyl groups is 1.